The molecule has 122 valence electrons. The first-order valence-electron chi connectivity index (χ1n) is 7.59. The lowest BCUT2D eigenvalue weighted by Crippen LogP contribution is -2.10. The van der Waals surface area contributed by atoms with Crippen molar-refractivity contribution in [1.82, 2.24) is 9.97 Å². The van der Waals surface area contributed by atoms with E-state index in [1.807, 2.05) is 48.7 Å². The minimum absolute atomic E-state index is 0.301. The molecule has 0 radical (unpaired) electrons. The maximum Gasteiger partial charge on any atom is 0.343 e. The Kier molecular flexibility index (Phi) is 4.86. The number of carbonyl (C=O) groups excluding carboxylic acids is 1. The van der Waals surface area contributed by atoms with E-state index in [1.54, 1.807) is 18.3 Å². The zero-order valence-corrected chi connectivity index (χ0v) is 14.3. The summed E-state index contributed by atoms with van der Waals surface area (Å²) in [5.41, 5.74) is 2.33. The highest BCUT2D eigenvalue weighted by molar-refractivity contribution is 7.13. The van der Waals surface area contributed by atoms with Gasteiger partial charge in [-0.2, -0.15) is 0 Å². The number of esters is 1. The van der Waals surface area contributed by atoms with Crippen molar-refractivity contribution < 1.29 is 9.53 Å². The molecule has 0 atom stereocenters. The summed E-state index contributed by atoms with van der Waals surface area (Å²) in [5, 5.41) is 5.16. The van der Waals surface area contributed by atoms with Gasteiger partial charge in [0, 0.05) is 11.9 Å². The first kappa shape index (κ1) is 16.1. The van der Waals surface area contributed by atoms with Crippen molar-refractivity contribution in [3.05, 3.63) is 59.1 Å². The molecule has 1 aromatic carbocycles. The Balaban J connectivity index is 1.99. The van der Waals surface area contributed by atoms with Crippen LogP contribution < -0.4 is 5.32 Å². The number of anilines is 2. The van der Waals surface area contributed by atoms with Crippen LogP contribution in [0.25, 0.3) is 10.7 Å². The van der Waals surface area contributed by atoms with Gasteiger partial charge in [-0.25, -0.2) is 14.8 Å². The van der Waals surface area contributed by atoms with Gasteiger partial charge in [0.25, 0.3) is 0 Å². The first-order chi connectivity index (χ1) is 11.7. The van der Waals surface area contributed by atoms with Gasteiger partial charge in [-0.1, -0.05) is 23.8 Å². The van der Waals surface area contributed by atoms with Crippen molar-refractivity contribution in [1.29, 1.82) is 0 Å². The van der Waals surface area contributed by atoms with Crippen LogP contribution in [0.3, 0.4) is 0 Å². The normalized spacial score (nSPS) is 10.4. The minimum Gasteiger partial charge on any atom is -0.462 e. The Morgan fingerprint density at radius 2 is 2.04 bits per heavy atom. The molecule has 2 aromatic heterocycles. The van der Waals surface area contributed by atoms with Gasteiger partial charge in [0.15, 0.2) is 5.82 Å². The molecule has 2 heterocycles. The van der Waals surface area contributed by atoms with E-state index in [0.717, 1.165) is 16.1 Å². The van der Waals surface area contributed by atoms with E-state index < -0.39 is 5.97 Å². The summed E-state index contributed by atoms with van der Waals surface area (Å²) >= 11 is 1.55. The highest BCUT2D eigenvalue weighted by atomic mass is 32.1. The van der Waals surface area contributed by atoms with Crippen LogP contribution in [-0.2, 0) is 4.74 Å². The molecule has 0 aliphatic heterocycles. The fourth-order valence-electron chi connectivity index (χ4n) is 2.13. The Labute approximate surface area is 144 Å². The summed E-state index contributed by atoms with van der Waals surface area (Å²) in [6.07, 6.45) is 1.51. The van der Waals surface area contributed by atoms with Crippen molar-refractivity contribution in [3.8, 4) is 10.7 Å². The molecule has 0 spiro atoms. The summed E-state index contributed by atoms with van der Waals surface area (Å²) in [6.45, 7) is 4.09. The number of rotatable bonds is 5. The summed E-state index contributed by atoms with van der Waals surface area (Å²) in [6, 6.07) is 11.8. The lowest BCUT2D eigenvalue weighted by molar-refractivity contribution is 0.0526. The fraction of sp³-hybridized carbons (Fsp3) is 0.167. The number of nitrogens with one attached hydrogen (secondary N) is 1. The Bertz CT molecular complexity index is 830. The van der Waals surface area contributed by atoms with E-state index in [4.69, 9.17) is 4.74 Å². The standard InChI is InChI=1S/C18H17N3O2S/c1-3-23-18(22)14-11-19-17(15-5-4-10-24-15)21-16(14)20-13-8-6-12(2)7-9-13/h4-11H,3H2,1-2H3,(H,19,20,21). The molecular formula is C18H17N3O2S. The number of ether oxygens (including phenoxy) is 1. The van der Waals surface area contributed by atoms with Crippen LogP contribution in [0.15, 0.2) is 48.0 Å². The van der Waals surface area contributed by atoms with Gasteiger partial charge in [0.05, 0.1) is 11.5 Å². The lowest BCUT2D eigenvalue weighted by atomic mass is 10.2. The van der Waals surface area contributed by atoms with Crippen molar-refractivity contribution in [3.63, 3.8) is 0 Å². The van der Waals surface area contributed by atoms with Gasteiger partial charge in [0.1, 0.15) is 11.4 Å². The number of thiophene rings is 1. The van der Waals surface area contributed by atoms with Crippen LogP contribution in [0.5, 0.6) is 0 Å². The third-order valence-corrected chi connectivity index (χ3v) is 4.21. The van der Waals surface area contributed by atoms with E-state index in [-0.39, 0.29) is 0 Å². The number of carbonyl (C=O) groups is 1. The quantitative estimate of drug-likeness (QED) is 0.697. The van der Waals surface area contributed by atoms with Crippen LogP contribution in [0, 0.1) is 6.92 Å². The molecule has 5 nitrogen and oxygen atoms in total. The summed E-state index contributed by atoms with van der Waals surface area (Å²) < 4.78 is 5.10. The fourth-order valence-corrected chi connectivity index (χ4v) is 2.80. The number of benzene rings is 1. The van der Waals surface area contributed by atoms with Gasteiger partial charge in [-0.3, -0.25) is 0 Å². The molecule has 1 N–H and O–H groups in total. The molecule has 0 unspecified atom stereocenters. The maximum absolute atomic E-state index is 12.2. The second-order valence-electron chi connectivity index (χ2n) is 5.14. The lowest BCUT2D eigenvalue weighted by Gasteiger charge is -2.11. The molecule has 0 saturated carbocycles. The number of aromatic nitrogens is 2. The van der Waals surface area contributed by atoms with Gasteiger partial charge in [-0.05, 0) is 37.4 Å². The molecule has 0 aliphatic rings. The third-order valence-electron chi connectivity index (χ3n) is 3.34. The molecule has 6 heteroatoms. The van der Waals surface area contributed by atoms with Gasteiger partial charge >= 0.3 is 5.97 Å². The zero-order valence-electron chi connectivity index (χ0n) is 13.4. The van der Waals surface area contributed by atoms with E-state index >= 15 is 0 Å². The smallest absolute Gasteiger partial charge is 0.343 e. The maximum atomic E-state index is 12.2. The van der Waals surface area contributed by atoms with Crippen LogP contribution in [0.1, 0.15) is 22.8 Å². The SMILES string of the molecule is CCOC(=O)c1cnc(-c2cccs2)nc1Nc1ccc(C)cc1. The highest BCUT2D eigenvalue weighted by Crippen LogP contribution is 2.26. The zero-order chi connectivity index (χ0) is 16.9. The summed E-state index contributed by atoms with van der Waals surface area (Å²) in [5.74, 6) is 0.577. The van der Waals surface area contributed by atoms with Crippen molar-refractivity contribution in [2.45, 2.75) is 13.8 Å². The average Bonchev–Trinajstić information content (AvgIpc) is 3.12. The second-order valence-corrected chi connectivity index (χ2v) is 6.09. The molecule has 24 heavy (non-hydrogen) atoms. The molecule has 0 saturated heterocycles. The largest absolute Gasteiger partial charge is 0.462 e. The predicted octanol–water partition coefficient (Wildman–Crippen LogP) is 4.43. The molecule has 0 aliphatic carbocycles. The number of nitrogens with zero attached hydrogens (tertiary/aromatic N) is 2. The van der Waals surface area contributed by atoms with Crippen LogP contribution in [-0.4, -0.2) is 22.5 Å². The van der Waals surface area contributed by atoms with Gasteiger partial charge in [0.2, 0.25) is 0 Å². The molecule has 0 amide bonds. The highest BCUT2D eigenvalue weighted by Gasteiger charge is 2.17. The van der Waals surface area contributed by atoms with Crippen LogP contribution >= 0.6 is 11.3 Å². The number of hydrogen-bond acceptors (Lipinski definition) is 6. The van der Waals surface area contributed by atoms with Crippen molar-refractivity contribution >= 4 is 28.8 Å². The van der Waals surface area contributed by atoms with E-state index in [9.17, 15) is 4.79 Å². The van der Waals surface area contributed by atoms with Crippen molar-refractivity contribution in [2.24, 2.45) is 0 Å². The van der Waals surface area contributed by atoms with Gasteiger partial charge < -0.3 is 10.1 Å². The van der Waals surface area contributed by atoms with Crippen molar-refractivity contribution in [2.75, 3.05) is 11.9 Å². The average molecular weight is 339 g/mol. The second kappa shape index (κ2) is 7.23. The van der Waals surface area contributed by atoms with E-state index in [1.165, 1.54) is 6.20 Å². The monoisotopic (exact) mass is 339 g/mol. The topological polar surface area (TPSA) is 64.1 Å². The molecular weight excluding hydrogens is 322 g/mol. The molecule has 3 rings (SSSR count). The third kappa shape index (κ3) is 3.60. The summed E-state index contributed by atoms with van der Waals surface area (Å²) in [7, 11) is 0. The van der Waals surface area contributed by atoms with Gasteiger partial charge in [-0.15, -0.1) is 11.3 Å². The van der Waals surface area contributed by atoms with Crippen LogP contribution in [0.2, 0.25) is 0 Å². The molecule has 0 fully saturated rings. The number of aryl methyl sites for hydroxylation is 1. The van der Waals surface area contributed by atoms with E-state index in [2.05, 4.69) is 15.3 Å². The Morgan fingerprint density at radius 1 is 1.25 bits per heavy atom. The first-order valence-corrected chi connectivity index (χ1v) is 8.47. The molecule has 3 aromatic rings. The predicted molar refractivity (Wildman–Crippen MR) is 95.8 cm³/mol. The minimum atomic E-state index is -0.440. The number of hydrogen-bond donors (Lipinski definition) is 1. The summed E-state index contributed by atoms with van der Waals surface area (Å²) in [4.78, 5) is 21.9. The van der Waals surface area contributed by atoms with Crippen LogP contribution in [0.4, 0.5) is 11.5 Å². The molecule has 0 bridgehead atoms. The van der Waals surface area contributed by atoms with E-state index in [0.29, 0.717) is 23.8 Å². The Hall–Kier alpha value is -2.73. The Morgan fingerprint density at radius 3 is 2.71 bits per heavy atom.